The zero-order valence-corrected chi connectivity index (χ0v) is 34.7. The van der Waals surface area contributed by atoms with E-state index in [1.165, 1.54) is 11.9 Å². The maximum absolute atomic E-state index is 14.4. The Morgan fingerprint density at radius 1 is 0.807 bits per heavy atom. The van der Waals surface area contributed by atoms with Gasteiger partial charge in [0.05, 0.1) is 30.8 Å². The number of hydrogen-bond acceptors (Lipinski definition) is 8. The molecule has 13 nitrogen and oxygen atoms in total. The van der Waals surface area contributed by atoms with Crippen molar-refractivity contribution in [3.05, 3.63) is 102 Å². The first kappa shape index (κ1) is 46.1. The molecule has 0 radical (unpaired) electrons. The summed E-state index contributed by atoms with van der Waals surface area (Å²) < 4.78 is 5.49. The monoisotopic (exact) mass is 786 g/mol. The van der Waals surface area contributed by atoms with E-state index in [1.54, 1.807) is 39.1 Å². The van der Waals surface area contributed by atoms with Gasteiger partial charge < -0.3 is 36.0 Å². The van der Waals surface area contributed by atoms with Crippen LogP contribution in [0.25, 0.3) is 0 Å². The normalized spacial score (nSPS) is 14.6. The fourth-order valence-electron chi connectivity index (χ4n) is 6.30. The van der Waals surface area contributed by atoms with Crippen LogP contribution in [0.15, 0.2) is 85.1 Å². The van der Waals surface area contributed by atoms with Crippen molar-refractivity contribution in [1.29, 1.82) is 0 Å². The highest BCUT2D eigenvalue weighted by Gasteiger charge is 2.36. The molecule has 13 heteroatoms. The highest BCUT2D eigenvalue weighted by atomic mass is 16.6. The third-order valence-corrected chi connectivity index (χ3v) is 9.56. The molecule has 6 unspecified atom stereocenters. The summed E-state index contributed by atoms with van der Waals surface area (Å²) in [5, 5.41) is 22.8. The number of aliphatic hydroxyl groups excluding tert-OH is 1. The van der Waals surface area contributed by atoms with Crippen molar-refractivity contribution < 1.29 is 33.8 Å². The quantitative estimate of drug-likeness (QED) is 0.109. The molecule has 1 aromatic heterocycles. The number of benzene rings is 2. The largest absolute Gasteiger partial charge is 0.444 e. The number of likely N-dealkylation sites (N-methyl/N-ethyl adjacent to an activating group) is 1. The Balaban J connectivity index is 1.83. The molecular weight excluding hydrogens is 725 g/mol. The third-order valence-electron chi connectivity index (χ3n) is 9.56. The highest BCUT2D eigenvalue weighted by Crippen LogP contribution is 2.17. The number of alkyl carbamates (subject to hydrolysis) is 1. The van der Waals surface area contributed by atoms with Crippen LogP contribution in [-0.2, 0) is 43.3 Å². The van der Waals surface area contributed by atoms with Crippen molar-refractivity contribution in [1.82, 2.24) is 31.2 Å². The van der Waals surface area contributed by atoms with Crippen LogP contribution in [-0.4, -0.2) is 87.6 Å². The van der Waals surface area contributed by atoms with Crippen molar-refractivity contribution in [2.45, 2.75) is 123 Å². The van der Waals surface area contributed by atoms with Gasteiger partial charge in [0.2, 0.25) is 23.6 Å². The summed E-state index contributed by atoms with van der Waals surface area (Å²) in [6, 6.07) is 20.0. The molecule has 3 aromatic rings. The maximum Gasteiger partial charge on any atom is 0.408 e. The molecule has 1 heterocycles. The smallest absolute Gasteiger partial charge is 0.408 e. The van der Waals surface area contributed by atoms with E-state index in [0.29, 0.717) is 18.5 Å². The third kappa shape index (κ3) is 16.0. The lowest BCUT2D eigenvalue weighted by Crippen LogP contribution is -2.58. The number of rotatable bonds is 20. The van der Waals surface area contributed by atoms with E-state index in [0.717, 1.165) is 11.1 Å². The Morgan fingerprint density at radius 2 is 1.40 bits per heavy atom. The summed E-state index contributed by atoms with van der Waals surface area (Å²) in [5.74, 6) is -2.16. The predicted octanol–water partition coefficient (Wildman–Crippen LogP) is 4.72. The molecule has 0 saturated heterocycles. The van der Waals surface area contributed by atoms with E-state index in [4.69, 9.17) is 4.74 Å². The van der Waals surface area contributed by atoms with Crippen LogP contribution in [0.3, 0.4) is 0 Å². The summed E-state index contributed by atoms with van der Waals surface area (Å²) in [6.45, 7) is 13.0. The molecule has 6 atom stereocenters. The topological polar surface area (TPSA) is 179 Å². The van der Waals surface area contributed by atoms with Gasteiger partial charge in [0.25, 0.3) is 0 Å². The maximum atomic E-state index is 14.4. The molecule has 57 heavy (non-hydrogen) atoms. The van der Waals surface area contributed by atoms with Crippen molar-refractivity contribution >= 4 is 29.7 Å². The lowest BCUT2D eigenvalue weighted by Gasteiger charge is -2.34. The molecule has 310 valence electrons. The number of aliphatic hydroxyl groups is 1. The summed E-state index contributed by atoms with van der Waals surface area (Å²) in [6.07, 6.45) is 0.389. The van der Waals surface area contributed by atoms with Crippen LogP contribution >= 0.6 is 0 Å². The number of hydrogen-bond donors (Lipinski definition) is 5. The van der Waals surface area contributed by atoms with E-state index in [2.05, 4.69) is 26.3 Å². The minimum absolute atomic E-state index is 0.0125. The number of ether oxygens (including phenoxy) is 1. The fourth-order valence-corrected chi connectivity index (χ4v) is 6.30. The van der Waals surface area contributed by atoms with E-state index in [1.807, 2.05) is 94.4 Å². The first-order valence-corrected chi connectivity index (χ1v) is 19.8. The molecule has 5 N–H and O–H groups in total. The standard InChI is InChI=1S/C44H62N6O7/c1-9-30(4)39(41(54)46-28-33-22-16-17-23-45-33)49-38(52)27-37(51)34(24-29(2)3)47-40(53)36(26-32-20-14-11-15-21-32)50(8)42(55)35(25-31-18-12-10-13-19-31)48-43(56)57-44(5,6)7/h10-23,29-30,34-37,39,51H,9,24-28H2,1-8H3,(H,46,54)(H,47,53)(H,48,56)(H,49,52). The van der Waals surface area contributed by atoms with Gasteiger partial charge in [-0.2, -0.15) is 0 Å². The second-order valence-corrected chi connectivity index (χ2v) is 16.0. The minimum atomic E-state index is -1.32. The molecule has 0 saturated carbocycles. The van der Waals surface area contributed by atoms with E-state index >= 15 is 0 Å². The summed E-state index contributed by atoms with van der Waals surface area (Å²) in [7, 11) is 1.51. The zero-order chi connectivity index (χ0) is 42.1. The summed E-state index contributed by atoms with van der Waals surface area (Å²) in [4.78, 5) is 73.9. The summed E-state index contributed by atoms with van der Waals surface area (Å²) >= 11 is 0. The second-order valence-electron chi connectivity index (χ2n) is 16.0. The van der Waals surface area contributed by atoms with Gasteiger partial charge in [-0.15, -0.1) is 0 Å². The fraction of sp³-hybridized carbons (Fsp3) is 0.500. The van der Waals surface area contributed by atoms with Gasteiger partial charge in [0.15, 0.2) is 0 Å². The van der Waals surface area contributed by atoms with Crippen LogP contribution in [0.4, 0.5) is 4.79 Å². The average molecular weight is 787 g/mol. The van der Waals surface area contributed by atoms with Gasteiger partial charge >= 0.3 is 6.09 Å². The van der Waals surface area contributed by atoms with Gasteiger partial charge in [-0.3, -0.25) is 24.2 Å². The van der Waals surface area contributed by atoms with Crippen molar-refractivity contribution in [2.75, 3.05) is 7.05 Å². The van der Waals surface area contributed by atoms with Crippen molar-refractivity contribution in [2.24, 2.45) is 11.8 Å². The van der Waals surface area contributed by atoms with Gasteiger partial charge in [0.1, 0.15) is 23.7 Å². The van der Waals surface area contributed by atoms with E-state index < -0.39 is 59.7 Å². The first-order valence-electron chi connectivity index (χ1n) is 19.8. The lowest BCUT2D eigenvalue weighted by molar-refractivity contribution is -0.141. The Kier molecular flexibility index (Phi) is 18.1. The number of amides is 5. The SMILES string of the molecule is CCC(C)C(NC(=O)CC(O)C(CC(C)C)NC(=O)C(Cc1ccccc1)N(C)C(=O)C(Cc1ccccc1)NC(=O)OC(C)(C)C)C(=O)NCc1ccccn1. The zero-order valence-electron chi connectivity index (χ0n) is 34.7. The molecule has 0 fully saturated rings. The predicted molar refractivity (Wildman–Crippen MR) is 219 cm³/mol. The van der Waals surface area contributed by atoms with Crippen molar-refractivity contribution in [3.8, 4) is 0 Å². The highest BCUT2D eigenvalue weighted by molar-refractivity contribution is 5.92. The number of nitrogens with one attached hydrogen (secondary N) is 4. The number of carbonyl (C=O) groups is 5. The van der Waals surface area contributed by atoms with Gasteiger partial charge in [-0.1, -0.05) is 101 Å². The van der Waals surface area contributed by atoms with Crippen LogP contribution in [0, 0.1) is 11.8 Å². The number of aromatic nitrogens is 1. The lowest BCUT2D eigenvalue weighted by atomic mass is 9.94. The number of nitrogens with zero attached hydrogens (tertiary/aromatic N) is 2. The molecule has 3 rings (SSSR count). The molecule has 0 spiro atoms. The van der Waals surface area contributed by atoms with Crippen LogP contribution in [0.5, 0.6) is 0 Å². The molecule has 0 bridgehead atoms. The Labute approximate surface area is 337 Å². The molecule has 0 aliphatic carbocycles. The molecule has 2 aromatic carbocycles. The first-order chi connectivity index (χ1) is 27.0. The van der Waals surface area contributed by atoms with Crippen LogP contribution in [0.2, 0.25) is 0 Å². The van der Waals surface area contributed by atoms with Crippen LogP contribution < -0.4 is 21.3 Å². The Morgan fingerprint density at radius 3 is 1.95 bits per heavy atom. The Hall–Kier alpha value is -5.30. The van der Waals surface area contributed by atoms with Gasteiger partial charge in [-0.05, 0) is 62.3 Å². The average Bonchev–Trinajstić information content (AvgIpc) is 3.17. The number of pyridine rings is 1. The van der Waals surface area contributed by atoms with Crippen molar-refractivity contribution in [3.63, 3.8) is 0 Å². The minimum Gasteiger partial charge on any atom is -0.444 e. The molecule has 0 aliphatic rings. The molecular formula is C44H62N6O7. The Bertz CT molecular complexity index is 1720. The van der Waals surface area contributed by atoms with Gasteiger partial charge in [-0.25, -0.2) is 4.79 Å². The van der Waals surface area contributed by atoms with Gasteiger partial charge in [0, 0.05) is 26.1 Å². The number of carbonyl (C=O) groups excluding carboxylic acids is 5. The van der Waals surface area contributed by atoms with E-state index in [-0.39, 0.29) is 43.6 Å². The molecule has 0 aliphatic heterocycles. The van der Waals surface area contributed by atoms with Crippen LogP contribution in [0.1, 0.15) is 84.5 Å². The second kappa shape index (κ2) is 22.4. The van der Waals surface area contributed by atoms with E-state index in [9.17, 15) is 29.1 Å². The summed E-state index contributed by atoms with van der Waals surface area (Å²) in [5.41, 5.74) is 1.45. The molecule has 5 amide bonds.